The van der Waals surface area contributed by atoms with Crippen LogP contribution in [0.1, 0.15) is 104 Å². The van der Waals surface area contributed by atoms with Crippen LogP contribution in [0.2, 0.25) is 0 Å². The van der Waals surface area contributed by atoms with Crippen molar-refractivity contribution in [3.63, 3.8) is 0 Å². The minimum Gasteiger partial charge on any atom is -0.475 e. The van der Waals surface area contributed by atoms with E-state index in [4.69, 9.17) is 37.9 Å². The van der Waals surface area contributed by atoms with Crippen LogP contribution >= 0.6 is 0 Å². The average molecular weight is 1460 g/mol. The summed E-state index contributed by atoms with van der Waals surface area (Å²) < 4.78 is 76.6. The molecule has 4 amide bonds. The Kier molecular flexibility index (Phi) is 19.0. The van der Waals surface area contributed by atoms with Crippen LogP contribution in [-0.2, 0) is 105 Å². The van der Waals surface area contributed by atoms with Gasteiger partial charge in [0.15, 0.2) is 19.8 Å². The highest BCUT2D eigenvalue weighted by Crippen LogP contribution is 2.47. The number of fused-ring (bicyclic) bond motifs is 6. The molecule has 0 spiro atoms. The van der Waals surface area contributed by atoms with Crippen molar-refractivity contribution >= 4 is 43.3 Å². The first-order chi connectivity index (χ1) is 51.9. The van der Waals surface area contributed by atoms with Gasteiger partial charge in [-0.2, -0.15) is 18.9 Å². The molecule has 4 atom stereocenters. The molecular weight excluding hydrogens is 1370 g/mol. The van der Waals surface area contributed by atoms with Crippen LogP contribution in [0.15, 0.2) is 225 Å². The van der Waals surface area contributed by atoms with E-state index in [0.717, 1.165) is 148 Å². The number of urea groups is 2. The van der Waals surface area contributed by atoms with Gasteiger partial charge < -0.3 is 29.6 Å². The number of benzene rings is 8. The van der Waals surface area contributed by atoms with Crippen LogP contribution in [0.4, 0.5) is 21.0 Å². The number of likely N-dealkylation sites (tertiary alicyclic amines) is 2. The van der Waals surface area contributed by atoms with Crippen LogP contribution < -0.4 is 29.6 Å². The van der Waals surface area contributed by atoms with Crippen LogP contribution in [0.3, 0.4) is 0 Å². The number of carbonyl (C=O) groups excluding carboxylic acids is 2. The van der Waals surface area contributed by atoms with Crippen molar-refractivity contribution in [2.75, 3.05) is 64.2 Å². The first-order valence-corrected chi connectivity index (χ1v) is 40.2. The molecule has 22 heteroatoms. The molecule has 106 heavy (non-hydrogen) atoms. The zero-order valence-electron chi connectivity index (χ0n) is 59.7. The molecule has 8 aliphatic rings. The third-order valence-electron chi connectivity index (χ3n) is 22.7. The molecule has 0 radical (unpaired) electrons. The fourth-order valence-electron chi connectivity index (χ4n) is 17.3. The van der Waals surface area contributed by atoms with E-state index in [0.29, 0.717) is 38.1 Å². The topological polar surface area (TPSA) is 220 Å². The third-order valence-corrected chi connectivity index (χ3v) is 26.5. The van der Waals surface area contributed by atoms with Gasteiger partial charge in [0.1, 0.15) is 34.1 Å². The van der Waals surface area contributed by atoms with Crippen molar-refractivity contribution in [1.29, 1.82) is 0 Å². The molecule has 6 heterocycles. The van der Waals surface area contributed by atoms with E-state index >= 15 is 8.42 Å². The normalized spacial score (nSPS) is 19.2. The van der Waals surface area contributed by atoms with Crippen molar-refractivity contribution in [3.8, 4) is 11.8 Å². The number of ether oxygens (including phenoxy) is 4. The smallest absolute Gasteiger partial charge is 0.331 e. The second kappa shape index (κ2) is 29.1. The monoisotopic (exact) mass is 1460 g/mol. The van der Waals surface area contributed by atoms with Gasteiger partial charge in [-0.15, -0.1) is 0 Å². The lowest BCUT2D eigenvalue weighted by Gasteiger charge is -2.44. The number of hydrogen-bond acceptors (Lipinski definition) is 14. The van der Waals surface area contributed by atoms with Gasteiger partial charge >= 0.3 is 12.1 Å². The fourth-order valence-corrected chi connectivity index (χ4v) is 21.0. The summed E-state index contributed by atoms with van der Waals surface area (Å²) in [6.45, 7) is 5.17. The van der Waals surface area contributed by atoms with Crippen molar-refractivity contribution in [2.24, 2.45) is 8.73 Å². The van der Waals surface area contributed by atoms with Gasteiger partial charge in [-0.1, -0.05) is 194 Å². The first-order valence-electron chi connectivity index (χ1n) is 37.2. The number of rotatable bonds is 18. The van der Waals surface area contributed by atoms with Gasteiger partial charge in [-0.25, -0.2) is 36.8 Å². The van der Waals surface area contributed by atoms with Gasteiger partial charge in [0.25, 0.3) is 0 Å². The summed E-state index contributed by atoms with van der Waals surface area (Å²) in [7, 11) is -4.20. The van der Waals surface area contributed by atoms with Gasteiger partial charge in [0, 0.05) is 51.8 Å². The second-order valence-electron chi connectivity index (χ2n) is 29.0. The Morgan fingerprint density at radius 1 is 0.425 bits per heavy atom. The molecule has 2 aromatic heterocycles. The standard InChI is InChI=1S/2C42H44N6O4S/c2*1-51-35-26-47(27-35)34-25-48-40(52-28-34)38(24-43-48)53(50,45-41(49)44-39-36-21-11-13-29(36)23-30-14-12-22-37(30)39)46-42(31-15-5-2-6-16-31,32-17-7-3-8-18-32)33-19-9-4-10-20-33/h2*2-10,15-20,23-24,34-35H,11-14,21-22,25-28H2,1H3,(H2,44,45,46,49,50)/t2*34-,53?/m00/s1. The number of hydrogen-bond donors (Lipinski definition) is 4. The van der Waals surface area contributed by atoms with Gasteiger partial charge in [-0.05, 0) is 155 Å². The Morgan fingerprint density at radius 2 is 0.708 bits per heavy atom. The summed E-state index contributed by atoms with van der Waals surface area (Å²) in [6, 6.07) is 62.8. The molecule has 20 nitrogen and oxygen atoms in total. The summed E-state index contributed by atoms with van der Waals surface area (Å²) >= 11 is 0. The minimum absolute atomic E-state index is 0.0882. The van der Waals surface area contributed by atoms with Crippen LogP contribution in [0, 0.1) is 0 Å². The van der Waals surface area contributed by atoms with E-state index in [9.17, 15) is 9.59 Å². The molecule has 4 aliphatic heterocycles. The second-order valence-corrected chi connectivity index (χ2v) is 32.7. The Labute approximate surface area is 619 Å². The number of amides is 4. The van der Waals surface area contributed by atoms with E-state index < -0.39 is 43.0 Å². The molecule has 10 aromatic rings. The molecule has 544 valence electrons. The van der Waals surface area contributed by atoms with Crippen LogP contribution in [0.25, 0.3) is 0 Å². The number of nitrogens with zero attached hydrogens (tertiary/aromatic N) is 8. The van der Waals surface area contributed by atoms with Crippen LogP contribution in [-0.4, -0.2) is 128 Å². The number of anilines is 2. The Bertz CT molecular complexity index is 4590. The average Bonchev–Trinajstić information content (AvgIpc) is 0.985. The SMILES string of the molecule is COC1CN([C@@H]2COc3c(S(=O)(=NC(c4ccccc4)(c4ccccc4)c4ccccc4)NC(=O)Nc4c5c(cc6c4CCC6)CCC5)cnn3C2)C1.COC1CN([C@@H]2COc3c(S(=O)(=NC(c4ccccc4)(c4ccccc4)c4ccccc4)NC(=O)Nc4c5c(cc6c4CCC6)CCC5)cnn3C2)C1. The molecule has 4 aliphatic carbocycles. The molecule has 8 aromatic carbocycles. The number of carbonyl (C=O) groups is 2. The molecule has 18 rings (SSSR count). The maximum atomic E-state index is 16.2. The maximum absolute atomic E-state index is 16.2. The number of nitrogens with one attached hydrogen (secondary N) is 4. The quantitative estimate of drug-likeness (QED) is 0.0590. The van der Waals surface area contributed by atoms with E-state index in [1.54, 1.807) is 36.0 Å². The highest BCUT2D eigenvalue weighted by Gasteiger charge is 2.45. The van der Waals surface area contributed by atoms with E-state index in [1.807, 2.05) is 182 Å². The van der Waals surface area contributed by atoms with E-state index in [2.05, 4.69) is 42.0 Å². The summed E-state index contributed by atoms with van der Waals surface area (Å²) in [4.78, 5) is 34.1. The maximum Gasteiger partial charge on any atom is 0.331 e. The molecule has 2 saturated heterocycles. The van der Waals surface area contributed by atoms with Crippen molar-refractivity contribution in [1.82, 2.24) is 38.8 Å². The Hall–Kier alpha value is -9.94. The van der Waals surface area contributed by atoms with Gasteiger partial charge in [-0.3, -0.25) is 9.80 Å². The zero-order chi connectivity index (χ0) is 72.0. The molecule has 2 fully saturated rings. The summed E-state index contributed by atoms with van der Waals surface area (Å²) in [5, 5.41) is 15.9. The van der Waals surface area contributed by atoms with Gasteiger partial charge in [0.05, 0.1) is 49.8 Å². The molecule has 0 saturated carbocycles. The number of methoxy groups -OCH3 is 2. The van der Waals surface area contributed by atoms with Crippen LogP contribution in [0.5, 0.6) is 11.8 Å². The number of aryl methyl sites for hydroxylation is 4. The lowest BCUT2D eigenvalue weighted by Crippen LogP contribution is -2.59. The lowest BCUT2D eigenvalue weighted by molar-refractivity contribution is -0.0687. The molecular formula is C84H88N12O8S2. The zero-order valence-corrected chi connectivity index (χ0v) is 61.4. The summed E-state index contributed by atoms with van der Waals surface area (Å²) in [5.74, 6) is 0.701. The molecule has 4 N–H and O–H groups in total. The highest BCUT2D eigenvalue weighted by atomic mass is 32.2. The molecule has 2 unspecified atom stereocenters. The van der Waals surface area contributed by atoms with Crippen molar-refractivity contribution in [2.45, 2.75) is 135 Å². The minimum atomic E-state index is -3.84. The predicted molar refractivity (Wildman–Crippen MR) is 409 cm³/mol. The molecule has 0 bridgehead atoms. The predicted octanol–water partition coefficient (Wildman–Crippen LogP) is 13.0. The van der Waals surface area contributed by atoms with Crippen molar-refractivity contribution < 1.29 is 37.0 Å². The number of aromatic nitrogens is 4. The Balaban J connectivity index is 0.000000156. The summed E-state index contributed by atoms with van der Waals surface area (Å²) in [5.41, 5.74) is 13.9. The highest BCUT2D eigenvalue weighted by molar-refractivity contribution is 7.92. The fraction of sp³-hybridized carbons (Fsp3) is 0.333. The van der Waals surface area contributed by atoms with Crippen molar-refractivity contribution in [3.05, 3.63) is 284 Å². The van der Waals surface area contributed by atoms with Gasteiger partial charge in [0.2, 0.25) is 11.8 Å². The first kappa shape index (κ1) is 69.1. The van der Waals surface area contributed by atoms with E-state index in [1.165, 1.54) is 44.5 Å². The summed E-state index contributed by atoms with van der Waals surface area (Å²) in [6.07, 6.45) is 15.4. The largest absolute Gasteiger partial charge is 0.475 e. The third kappa shape index (κ3) is 12.8. The Morgan fingerprint density at radius 3 is 0.981 bits per heavy atom. The lowest BCUT2D eigenvalue weighted by atomic mass is 9.78. The van der Waals surface area contributed by atoms with E-state index in [-0.39, 0.29) is 34.1 Å².